The van der Waals surface area contributed by atoms with Crippen LogP contribution in [0.1, 0.15) is 13.8 Å². The van der Waals surface area contributed by atoms with Crippen molar-refractivity contribution in [2.45, 2.75) is 25.9 Å². The number of nitrogens with zero attached hydrogens (tertiary/aromatic N) is 2. The first-order valence-electron chi connectivity index (χ1n) is 7.76. The van der Waals surface area contributed by atoms with E-state index in [1.807, 2.05) is 23.6 Å². The van der Waals surface area contributed by atoms with Gasteiger partial charge in [-0.05, 0) is 13.8 Å². The summed E-state index contributed by atoms with van der Waals surface area (Å²) in [6.07, 6.45) is 0. The molecule has 0 aromatic carbocycles. The molecule has 0 radical (unpaired) electrons. The summed E-state index contributed by atoms with van der Waals surface area (Å²) >= 11 is 0. The number of carbonyl (C=O) groups is 2. The summed E-state index contributed by atoms with van der Waals surface area (Å²) in [4.78, 5) is 28.6. The van der Waals surface area contributed by atoms with Gasteiger partial charge in [0.05, 0.1) is 19.3 Å². The van der Waals surface area contributed by atoms with Crippen LogP contribution in [-0.2, 0) is 14.3 Å². The molecular weight excluding hydrogens is 272 g/mol. The smallest absolute Gasteiger partial charge is 0.239 e. The van der Waals surface area contributed by atoms with Gasteiger partial charge < -0.3 is 20.3 Å². The molecule has 21 heavy (non-hydrogen) atoms. The van der Waals surface area contributed by atoms with Crippen molar-refractivity contribution in [2.24, 2.45) is 0 Å². The van der Waals surface area contributed by atoms with Crippen LogP contribution in [0.3, 0.4) is 0 Å². The van der Waals surface area contributed by atoms with Crippen LogP contribution in [0, 0.1) is 0 Å². The summed E-state index contributed by atoms with van der Waals surface area (Å²) in [7, 11) is 0. The number of carbonyl (C=O) groups excluding carboxylic acids is 2. The number of likely N-dealkylation sites (N-methyl/N-ethyl adjacent to an activating group) is 1. The molecule has 0 aliphatic carbocycles. The van der Waals surface area contributed by atoms with Crippen molar-refractivity contribution in [3.8, 4) is 0 Å². The minimum absolute atomic E-state index is 0.0582. The molecule has 2 aliphatic rings. The average Bonchev–Trinajstić information content (AvgIpc) is 2.54. The van der Waals surface area contributed by atoms with Crippen LogP contribution in [0.25, 0.3) is 0 Å². The zero-order chi connectivity index (χ0) is 15.2. The van der Waals surface area contributed by atoms with Gasteiger partial charge in [-0.25, -0.2) is 0 Å². The maximum Gasteiger partial charge on any atom is 0.239 e. The summed E-state index contributed by atoms with van der Waals surface area (Å²) in [5.74, 6) is 0.0462. The molecule has 0 saturated carbocycles. The molecule has 2 N–H and O–H groups in total. The van der Waals surface area contributed by atoms with Crippen molar-refractivity contribution in [1.82, 2.24) is 20.4 Å². The summed E-state index contributed by atoms with van der Waals surface area (Å²) in [6.45, 7) is 9.04. The van der Waals surface area contributed by atoms with Crippen LogP contribution in [0.2, 0.25) is 0 Å². The first-order chi connectivity index (χ1) is 10.1. The minimum Gasteiger partial charge on any atom is -0.378 e. The van der Waals surface area contributed by atoms with E-state index in [1.165, 1.54) is 0 Å². The third-order valence-corrected chi connectivity index (χ3v) is 4.11. The highest BCUT2D eigenvalue weighted by Gasteiger charge is 2.36. The second-order valence-electron chi connectivity index (χ2n) is 5.47. The van der Waals surface area contributed by atoms with Crippen molar-refractivity contribution in [2.75, 3.05) is 52.5 Å². The number of hydrogen-bond acceptors (Lipinski definition) is 5. The number of piperazine rings is 1. The molecule has 2 atom stereocenters. The quantitative estimate of drug-likeness (QED) is 0.671. The van der Waals surface area contributed by atoms with Crippen LogP contribution < -0.4 is 10.6 Å². The Kier molecular flexibility index (Phi) is 5.96. The van der Waals surface area contributed by atoms with E-state index < -0.39 is 0 Å². The number of rotatable bonds is 4. The molecule has 0 spiro atoms. The number of amides is 2. The Balaban J connectivity index is 2.01. The Morgan fingerprint density at radius 3 is 2.71 bits per heavy atom. The molecule has 2 fully saturated rings. The maximum atomic E-state index is 12.6. The van der Waals surface area contributed by atoms with E-state index in [4.69, 9.17) is 4.74 Å². The molecule has 7 heteroatoms. The highest BCUT2D eigenvalue weighted by atomic mass is 16.5. The van der Waals surface area contributed by atoms with Crippen LogP contribution in [-0.4, -0.2) is 86.2 Å². The molecule has 120 valence electrons. The molecule has 2 amide bonds. The van der Waals surface area contributed by atoms with Gasteiger partial charge in [-0.1, -0.05) is 0 Å². The Bertz CT molecular complexity index is 371. The van der Waals surface area contributed by atoms with E-state index in [9.17, 15) is 9.59 Å². The number of ether oxygens (including phenoxy) is 1. The highest BCUT2D eigenvalue weighted by Crippen LogP contribution is 2.14. The van der Waals surface area contributed by atoms with Crippen molar-refractivity contribution in [3.63, 3.8) is 0 Å². The van der Waals surface area contributed by atoms with Gasteiger partial charge in [0, 0.05) is 39.3 Å². The van der Waals surface area contributed by atoms with Gasteiger partial charge in [0.2, 0.25) is 11.8 Å². The second-order valence-corrected chi connectivity index (χ2v) is 5.47. The summed E-state index contributed by atoms with van der Waals surface area (Å²) in [5, 5.41) is 6.06. The van der Waals surface area contributed by atoms with E-state index in [1.54, 1.807) is 0 Å². The van der Waals surface area contributed by atoms with Gasteiger partial charge in [-0.3, -0.25) is 14.5 Å². The van der Waals surface area contributed by atoms with Gasteiger partial charge in [0.25, 0.3) is 0 Å². The topological polar surface area (TPSA) is 73.9 Å². The van der Waals surface area contributed by atoms with Crippen molar-refractivity contribution in [3.05, 3.63) is 0 Å². The van der Waals surface area contributed by atoms with Crippen molar-refractivity contribution >= 4 is 11.8 Å². The first-order valence-corrected chi connectivity index (χ1v) is 7.76. The molecule has 7 nitrogen and oxygen atoms in total. The van der Waals surface area contributed by atoms with Crippen LogP contribution in [0.4, 0.5) is 0 Å². The van der Waals surface area contributed by atoms with Gasteiger partial charge in [0.15, 0.2) is 0 Å². The zero-order valence-electron chi connectivity index (χ0n) is 12.9. The minimum atomic E-state index is -0.374. The third-order valence-electron chi connectivity index (χ3n) is 4.11. The lowest BCUT2D eigenvalue weighted by molar-refractivity contribution is -0.145. The molecular formula is C14H26N4O3. The lowest BCUT2D eigenvalue weighted by Gasteiger charge is -2.40. The Labute approximate surface area is 126 Å². The fourth-order valence-electron chi connectivity index (χ4n) is 2.89. The Morgan fingerprint density at radius 1 is 1.33 bits per heavy atom. The lowest BCUT2D eigenvalue weighted by atomic mass is 10.1. The molecule has 2 saturated heterocycles. The van der Waals surface area contributed by atoms with Gasteiger partial charge in [-0.15, -0.1) is 0 Å². The summed E-state index contributed by atoms with van der Waals surface area (Å²) in [5.41, 5.74) is 0. The van der Waals surface area contributed by atoms with E-state index in [-0.39, 0.29) is 23.9 Å². The molecule has 2 rings (SSSR count). The van der Waals surface area contributed by atoms with Crippen LogP contribution in [0.5, 0.6) is 0 Å². The standard InChI is InChI=1S/C14H26N4O3/c1-3-16-13(19)12-10-21-9-8-18(12)11(2)14(20)17-6-4-15-5-7-17/h11-12,15H,3-10H2,1-2H3,(H,16,19). The lowest BCUT2D eigenvalue weighted by Crippen LogP contribution is -2.61. The second kappa shape index (κ2) is 7.72. The van der Waals surface area contributed by atoms with E-state index in [0.29, 0.717) is 26.3 Å². The van der Waals surface area contributed by atoms with Crippen LogP contribution >= 0.6 is 0 Å². The molecule has 0 aromatic rings. The number of morpholine rings is 1. The predicted molar refractivity (Wildman–Crippen MR) is 78.9 cm³/mol. The Hall–Kier alpha value is -1.18. The Morgan fingerprint density at radius 2 is 2.05 bits per heavy atom. The third kappa shape index (κ3) is 3.93. The van der Waals surface area contributed by atoms with Crippen molar-refractivity contribution < 1.29 is 14.3 Å². The largest absolute Gasteiger partial charge is 0.378 e. The normalized spacial score (nSPS) is 25.4. The predicted octanol–water partition coefficient (Wildman–Crippen LogP) is -1.36. The number of hydrogen-bond donors (Lipinski definition) is 2. The van der Waals surface area contributed by atoms with E-state index in [2.05, 4.69) is 10.6 Å². The molecule has 0 aromatic heterocycles. The summed E-state index contributed by atoms with van der Waals surface area (Å²) in [6, 6.07) is -0.667. The van der Waals surface area contributed by atoms with Gasteiger partial charge >= 0.3 is 0 Å². The highest BCUT2D eigenvalue weighted by molar-refractivity contribution is 5.85. The molecule has 2 unspecified atom stereocenters. The first kappa shape index (κ1) is 16.2. The van der Waals surface area contributed by atoms with Gasteiger partial charge in [-0.2, -0.15) is 0 Å². The molecule has 2 heterocycles. The molecule has 2 aliphatic heterocycles. The van der Waals surface area contributed by atoms with Crippen molar-refractivity contribution in [1.29, 1.82) is 0 Å². The fraction of sp³-hybridized carbons (Fsp3) is 0.857. The van der Waals surface area contributed by atoms with E-state index >= 15 is 0 Å². The SMILES string of the molecule is CCNC(=O)C1COCCN1C(C)C(=O)N1CCNCC1. The monoisotopic (exact) mass is 298 g/mol. The van der Waals surface area contributed by atoms with Crippen LogP contribution in [0.15, 0.2) is 0 Å². The van der Waals surface area contributed by atoms with Gasteiger partial charge in [0.1, 0.15) is 6.04 Å². The number of nitrogens with one attached hydrogen (secondary N) is 2. The summed E-state index contributed by atoms with van der Waals surface area (Å²) < 4.78 is 5.42. The fourth-order valence-corrected chi connectivity index (χ4v) is 2.89. The molecule has 0 bridgehead atoms. The maximum absolute atomic E-state index is 12.6. The average molecular weight is 298 g/mol. The van der Waals surface area contributed by atoms with E-state index in [0.717, 1.165) is 26.2 Å². The zero-order valence-corrected chi connectivity index (χ0v) is 12.9.